The molecule has 0 radical (unpaired) electrons. The van der Waals surface area contributed by atoms with Gasteiger partial charge in [0.25, 0.3) is 5.91 Å². The standard InChI is InChI=1S/C22H22Cl2N2O4/c1-29-17-3-5-20-14(11-17)10-15(13-30-20)21(27)25-6-8-26(9-7-25)22(28)18-4-2-16(23)12-19(18)24/h2-5,11-12,15H,6-10,13H2,1H3. The summed E-state index contributed by atoms with van der Waals surface area (Å²) in [6.45, 7) is 2.25. The third-order valence-electron chi connectivity index (χ3n) is 5.56. The van der Waals surface area contributed by atoms with E-state index in [2.05, 4.69) is 0 Å². The van der Waals surface area contributed by atoms with Crippen molar-refractivity contribution in [1.82, 2.24) is 9.80 Å². The van der Waals surface area contributed by atoms with Crippen molar-refractivity contribution >= 4 is 35.0 Å². The van der Waals surface area contributed by atoms with Crippen molar-refractivity contribution in [3.8, 4) is 11.5 Å². The average Bonchev–Trinajstić information content (AvgIpc) is 2.77. The fourth-order valence-electron chi connectivity index (χ4n) is 3.88. The van der Waals surface area contributed by atoms with Gasteiger partial charge in [0.1, 0.15) is 18.1 Å². The molecule has 0 bridgehead atoms. The number of rotatable bonds is 3. The van der Waals surface area contributed by atoms with Gasteiger partial charge in [-0.25, -0.2) is 0 Å². The van der Waals surface area contributed by atoms with Gasteiger partial charge in [-0.15, -0.1) is 0 Å². The molecule has 1 unspecified atom stereocenters. The fourth-order valence-corrected chi connectivity index (χ4v) is 4.37. The van der Waals surface area contributed by atoms with Gasteiger partial charge < -0.3 is 19.3 Å². The second-order valence-corrected chi connectivity index (χ2v) is 8.27. The summed E-state index contributed by atoms with van der Waals surface area (Å²) in [5.74, 6) is 1.22. The van der Waals surface area contributed by atoms with Crippen LogP contribution in [0.1, 0.15) is 15.9 Å². The number of halogens is 2. The van der Waals surface area contributed by atoms with Gasteiger partial charge in [-0.2, -0.15) is 0 Å². The fraction of sp³-hybridized carbons (Fsp3) is 0.364. The minimum absolute atomic E-state index is 0.0556. The average molecular weight is 449 g/mol. The lowest BCUT2D eigenvalue weighted by Crippen LogP contribution is -2.53. The normalized spacial score (nSPS) is 18.4. The van der Waals surface area contributed by atoms with Crippen molar-refractivity contribution < 1.29 is 19.1 Å². The second kappa shape index (κ2) is 8.74. The molecule has 1 saturated heterocycles. The Morgan fingerprint density at radius 1 is 1.03 bits per heavy atom. The predicted molar refractivity (Wildman–Crippen MR) is 115 cm³/mol. The molecule has 2 amide bonds. The van der Waals surface area contributed by atoms with Gasteiger partial charge in [0.05, 0.1) is 23.6 Å². The van der Waals surface area contributed by atoms with Crippen molar-refractivity contribution in [3.63, 3.8) is 0 Å². The first-order valence-electron chi connectivity index (χ1n) is 9.79. The Balaban J connectivity index is 1.37. The maximum atomic E-state index is 13.0. The highest BCUT2D eigenvalue weighted by atomic mass is 35.5. The van der Waals surface area contributed by atoms with Crippen LogP contribution in [0.5, 0.6) is 11.5 Å². The number of carbonyl (C=O) groups is 2. The van der Waals surface area contributed by atoms with E-state index in [-0.39, 0.29) is 17.7 Å². The summed E-state index contributed by atoms with van der Waals surface area (Å²) < 4.78 is 11.1. The summed E-state index contributed by atoms with van der Waals surface area (Å²) in [5.41, 5.74) is 1.40. The summed E-state index contributed by atoms with van der Waals surface area (Å²) in [6.07, 6.45) is 0.616. The first-order chi connectivity index (χ1) is 14.5. The van der Waals surface area contributed by atoms with E-state index in [4.69, 9.17) is 32.7 Å². The van der Waals surface area contributed by atoms with E-state index in [1.165, 1.54) is 0 Å². The molecule has 2 aliphatic rings. The smallest absolute Gasteiger partial charge is 0.255 e. The van der Waals surface area contributed by atoms with Gasteiger partial charge in [-0.1, -0.05) is 23.2 Å². The zero-order chi connectivity index (χ0) is 21.3. The summed E-state index contributed by atoms with van der Waals surface area (Å²) in [4.78, 5) is 29.3. The van der Waals surface area contributed by atoms with Gasteiger partial charge >= 0.3 is 0 Å². The molecule has 1 atom stereocenters. The number of carbonyl (C=O) groups excluding carboxylic acids is 2. The molecule has 0 aliphatic carbocycles. The van der Waals surface area contributed by atoms with E-state index in [0.717, 1.165) is 17.1 Å². The van der Waals surface area contributed by atoms with Crippen LogP contribution in [0.25, 0.3) is 0 Å². The highest BCUT2D eigenvalue weighted by Crippen LogP contribution is 2.31. The Hall–Kier alpha value is -2.44. The largest absolute Gasteiger partial charge is 0.497 e. The maximum absolute atomic E-state index is 13.0. The summed E-state index contributed by atoms with van der Waals surface area (Å²) >= 11 is 12.1. The molecule has 2 aliphatic heterocycles. The Labute approximate surface area is 185 Å². The molecule has 30 heavy (non-hydrogen) atoms. The molecular formula is C22H22Cl2N2O4. The number of hydrogen-bond acceptors (Lipinski definition) is 4. The van der Waals surface area contributed by atoms with Gasteiger partial charge in [-0.05, 0) is 48.4 Å². The summed E-state index contributed by atoms with van der Waals surface area (Å²) in [7, 11) is 1.62. The molecule has 158 valence electrons. The zero-order valence-corrected chi connectivity index (χ0v) is 18.1. The van der Waals surface area contributed by atoms with E-state index in [1.54, 1.807) is 30.2 Å². The van der Waals surface area contributed by atoms with Crippen molar-refractivity contribution in [2.45, 2.75) is 6.42 Å². The lowest BCUT2D eigenvalue weighted by atomic mass is 9.95. The van der Waals surface area contributed by atoms with E-state index in [1.807, 2.05) is 23.1 Å². The van der Waals surface area contributed by atoms with Gasteiger partial charge in [0.15, 0.2) is 0 Å². The van der Waals surface area contributed by atoms with Crippen molar-refractivity contribution in [1.29, 1.82) is 0 Å². The van der Waals surface area contributed by atoms with Crippen LogP contribution in [0.4, 0.5) is 0 Å². The number of piperazine rings is 1. The van der Waals surface area contributed by atoms with Crippen LogP contribution in [0.3, 0.4) is 0 Å². The Morgan fingerprint density at radius 2 is 1.77 bits per heavy atom. The molecule has 8 heteroatoms. The van der Waals surface area contributed by atoms with E-state index in [0.29, 0.717) is 54.8 Å². The van der Waals surface area contributed by atoms with Crippen LogP contribution in [-0.2, 0) is 11.2 Å². The number of ether oxygens (including phenoxy) is 2. The van der Waals surface area contributed by atoms with Crippen LogP contribution in [0, 0.1) is 5.92 Å². The van der Waals surface area contributed by atoms with E-state index < -0.39 is 0 Å². The highest BCUT2D eigenvalue weighted by molar-refractivity contribution is 6.36. The molecule has 0 N–H and O–H groups in total. The topological polar surface area (TPSA) is 59.1 Å². The minimum atomic E-state index is -0.238. The van der Waals surface area contributed by atoms with Gasteiger partial charge in [-0.3, -0.25) is 9.59 Å². The van der Waals surface area contributed by atoms with Gasteiger partial charge in [0.2, 0.25) is 5.91 Å². The van der Waals surface area contributed by atoms with Crippen LogP contribution in [0.15, 0.2) is 36.4 Å². The molecule has 0 saturated carbocycles. The molecule has 6 nitrogen and oxygen atoms in total. The number of methoxy groups -OCH3 is 1. The van der Waals surface area contributed by atoms with Crippen LogP contribution in [-0.4, -0.2) is 61.5 Å². The molecule has 2 heterocycles. The molecular weight excluding hydrogens is 427 g/mol. The van der Waals surface area contributed by atoms with Crippen LogP contribution < -0.4 is 9.47 Å². The molecule has 2 aromatic carbocycles. The van der Waals surface area contributed by atoms with Crippen LogP contribution >= 0.6 is 23.2 Å². The lowest BCUT2D eigenvalue weighted by molar-refractivity contribution is -0.138. The third-order valence-corrected chi connectivity index (χ3v) is 6.11. The number of benzene rings is 2. The summed E-state index contributed by atoms with van der Waals surface area (Å²) in [6, 6.07) is 10.5. The monoisotopic (exact) mass is 448 g/mol. The van der Waals surface area contributed by atoms with Crippen LogP contribution in [0.2, 0.25) is 10.0 Å². The maximum Gasteiger partial charge on any atom is 0.255 e. The van der Waals surface area contributed by atoms with E-state index in [9.17, 15) is 9.59 Å². The molecule has 4 rings (SSSR count). The van der Waals surface area contributed by atoms with Crippen molar-refractivity contribution in [3.05, 3.63) is 57.6 Å². The minimum Gasteiger partial charge on any atom is -0.497 e. The van der Waals surface area contributed by atoms with E-state index >= 15 is 0 Å². The molecule has 2 aromatic rings. The first-order valence-corrected chi connectivity index (χ1v) is 10.5. The molecule has 0 aromatic heterocycles. The number of fused-ring (bicyclic) bond motifs is 1. The molecule has 0 spiro atoms. The number of nitrogens with zero attached hydrogens (tertiary/aromatic N) is 2. The van der Waals surface area contributed by atoms with Crippen molar-refractivity contribution in [2.75, 3.05) is 39.9 Å². The quantitative estimate of drug-likeness (QED) is 0.720. The predicted octanol–water partition coefficient (Wildman–Crippen LogP) is 3.54. The third kappa shape index (κ3) is 4.20. The van der Waals surface area contributed by atoms with Crippen molar-refractivity contribution in [2.24, 2.45) is 5.92 Å². The highest BCUT2D eigenvalue weighted by Gasteiger charge is 2.32. The SMILES string of the molecule is COc1ccc2c(c1)CC(C(=O)N1CCN(C(=O)c3ccc(Cl)cc3Cl)CC1)CO2. The van der Waals surface area contributed by atoms with Gasteiger partial charge in [0, 0.05) is 31.2 Å². The number of amides is 2. The summed E-state index contributed by atoms with van der Waals surface area (Å²) in [5, 5.41) is 0.820. The molecule has 1 fully saturated rings. The Morgan fingerprint density at radius 3 is 2.47 bits per heavy atom. The zero-order valence-electron chi connectivity index (χ0n) is 16.6. The first kappa shape index (κ1) is 20.8. The Kier molecular flexibility index (Phi) is 6.06. The lowest BCUT2D eigenvalue weighted by Gasteiger charge is -2.37. The second-order valence-electron chi connectivity index (χ2n) is 7.43. The Bertz CT molecular complexity index is 974. The number of hydrogen-bond donors (Lipinski definition) is 0.